The Morgan fingerprint density at radius 1 is 0.833 bits per heavy atom. The third kappa shape index (κ3) is 6.17. The molecule has 0 saturated carbocycles. The number of nitrogens with one attached hydrogen (secondary N) is 1. The number of hydrogen-bond donors (Lipinski definition) is 1. The van der Waals surface area contributed by atoms with Gasteiger partial charge in [0, 0.05) is 12.6 Å². The molecule has 0 saturated heterocycles. The molecule has 0 aliphatic rings. The van der Waals surface area contributed by atoms with Gasteiger partial charge in [-0.25, -0.2) is 4.68 Å². The molecule has 5 aromatic rings. The van der Waals surface area contributed by atoms with Crippen molar-refractivity contribution >= 4 is 28.5 Å². The van der Waals surface area contributed by atoms with Crippen LogP contribution in [0.15, 0.2) is 97.1 Å². The molecule has 0 bridgehead atoms. The number of hydrogen-bond acceptors (Lipinski definition) is 7. The van der Waals surface area contributed by atoms with Gasteiger partial charge in [-0.15, -0.1) is 5.10 Å². The fraction of sp³-hybridized carbons (Fsp3) is 0.188. The van der Waals surface area contributed by atoms with Crippen LogP contribution in [0.3, 0.4) is 0 Å². The summed E-state index contributed by atoms with van der Waals surface area (Å²) in [6.07, 6.45) is 0. The Hall–Kier alpha value is -5.38. The van der Waals surface area contributed by atoms with Crippen molar-refractivity contribution in [2.75, 3.05) is 26.6 Å². The third-order valence-corrected chi connectivity index (χ3v) is 6.88. The number of methoxy groups -OCH3 is 3. The molecule has 4 aromatic carbocycles. The second-order valence-electron chi connectivity index (χ2n) is 9.47. The number of para-hydroxylation sites is 1. The first-order chi connectivity index (χ1) is 20.5. The smallest absolute Gasteiger partial charge is 0.251 e. The van der Waals surface area contributed by atoms with Crippen LogP contribution in [0.4, 0.5) is 5.69 Å². The van der Waals surface area contributed by atoms with Gasteiger partial charge in [-0.3, -0.25) is 9.59 Å². The van der Waals surface area contributed by atoms with Gasteiger partial charge in [-0.05, 0) is 47.5 Å². The Bertz CT molecular complexity index is 1670. The minimum Gasteiger partial charge on any atom is -0.497 e. The van der Waals surface area contributed by atoms with E-state index in [2.05, 4.69) is 15.6 Å². The lowest BCUT2D eigenvalue weighted by Crippen LogP contribution is -2.42. The number of ether oxygens (including phenoxy) is 3. The molecule has 1 heterocycles. The quantitative estimate of drug-likeness (QED) is 0.244. The summed E-state index contributed by atoms with van der Waals surface area (Å²) in [5, 5.41) is 11.4. The van der Waals surface area contributed by atoms with Gasteiger partial charge in [0.2, 0.25) is 5.91 Å². The molecule has 214 valence electrons. The summed E-state index contributed by atoms with van der Waals surface area (Å²) in [6.45, 7) is 0.0648. The average molecular weight is 566 g/mol. The van der Waals surface area contributed by atoms with E-state index in [0.717, 1.165) is 11.1 Å². The standard InChI is InChI=1S/C32H31N5O5/c1-40-24-15-13-23(14-16-24)31(32(39)33-27-18-17-25(41-2)19-29(27)42-3)36(20-22-9-5-4-6-10-22)30(38)21-37-28-12-8-7-11-26(28)34-35-37/h4-19,31H,20-21H2,1-3H3,(H,33,39). The Morgan fingerprint density at radius 3 is 2.24 bits per heavy atom. The van der Waals surface area contributed by atoms with Crippen LogP contribution >= 0.6 is 0 Å². The van der Waals surface area contributed by atoms with Crippen LogP contribution in [0.1, 0.15) is 17.2 Å². The van der Waals surface area contributed by atoms with E-state index in [-0.39, 0.29) is 19.0 Å². The Morgan fingerprint density at radius 2 is 1.52 bits per heavy atom. The molecule has 5 rings (SSSR count). The fourth-order valence-corrected chi connectivity index (χ4v) is 4.72. The number of aromatic nitrogens is 3. The summed E-state index contributed by atoms with van der Waals surface area (Å²) >= 11 is 0. The molecule has 0 spiro atoms. The van der Waals surface area contributed by atoms with E-state index >= 15 is 0 Å². The van der Waals surface area contributed by atoms with Crippen LogP contribution in [0.25, 0.3) is 11.0 Å². The van der Waals surface area contributed by atoms with Gasteiger partial charge in [0.15, 0.2) is 0 Å². The van der Waals surface area contributed by atoms with Crippen LogP contribution < -0.4 is 19.5 Å². The van der Waals surface area contributed by atoms with Crippen molar-refractivity contribution in [3.05, 3.63) is 108 Å². The Labute approximate surface area is 243 Å². The molecule has 0 aliphatic heterocycles. The monoisotopic (exact) mass is 565 g/mol. The van der Waals surface area contributed by atoms with Crippen molar-refractivity contribution in [2.24, 2.45) is 0 Å². The van der Waals surface area contributed by atoms with Gasteiger partial charge in [-0.1, -0.05) is 59.8 Å². The third-order valence-electron chi connectivity index (χ3n) is 6.88. The summed E-state index contributed by atoms with van der Waals surface area (Å²) in [6, 6.07) is 28.1. The lowest BCUT2D eigenvalue weighted by molar-refractivity contribution is -0.140. The molecule has 10 nitrogen and oxygen atoms in total. The second kappa shape index (κ2) is 12.9. The molecule has 10 heteroatoms. The largest absolute Gasteiger partial charge is 0.497 e. The lowest BCUT2D eigenvalue weighted by atomic mass is 10.0. The fourth-order valence-electron chi connectivity index (χ4n) is 4.72. The number of anilines is 1. The maximum atomic E-state index is 14.2. The van der Waals surface area contributed by atoms with Crippen molar-refractivity contribution in [3.8, 4) is 17.2 Å². The van der Waals surface area contributed by atoms with E-state index in [1.165, 1.54) is 7.11 Å². The first-order valence-electron chi connectivity index (χ1n) is 13.3. The lowest BCUT2D eigenvalue weighted by Gasteiger charge is -2.32. The average Bonchev–Trinajstić information content (AvgIpc) is 3.44. The van der Waals surface area contributed by atoms with Gasteiger partial charge in [0.1, 0.15) is 35.4 Å². The zero-order chi connectivity index (χ0) is 29.5. The molecule has 0 fully saturated rings. The summed E-state index contributed by atoms with van der Waals surface area (Å²) < 4.78 is 17.7. The maximum Gasteiger partial charge on any atom is 0.251 e. The predicted octanol–water partition coefficient (Wildman–Crippen LogP) is 4.87. The van der Waals surface area contributed by atoms with Gasteiger partial charge < -0.3 is 24.4 Å². The Kier molecular flexibility index (Phi) is 8.62. The molecule has 0 radical (unpaired) electrons. The molecule has 1 N–H and O–H groups in total. The number of rotatable bonds is 11. The molecule has 2 amide bonds. The Balaban J connectivity index is 1.56. The summed E-state index contributed by atoms with van der Waals surface area (Å²) in [5.74, 6) is 0.900. The van der Waals surface area contributed by atoms with Crippen molar-refractivity contribution in [1.82, 2.24) is 19.9 Å². The van der Waals surface area contributed by atoms with E-state index in [1.807, 2.05) is 54.6 Å². The summed E-state index contributed by atoms with van der Waals surface area (Å²) in [4.78, 5) is 29.9. The number of fused-ring (bicyclic) bond motifs is 1. The van der Waals surface area contributed by atoms with Crippen molar-refractivity contribution in [3.63, 3.8) is 0 Å². The zero-order valence-corrected chi connectivity index (χ0v) is 23.6. The molecule has 0 aliphatic carbocycles. The molecule has 42 heavy (non-hydrogen) atoms. The van der Waals surface area contributed by atoms with E-state index in [1.54, 1.807) is 66.3 Å². The van der Waals surface area contributed by atoms with E-state index in [4.69, 9.17) is 14.2 Å². The van der Waals surface area contributed by atoms with Gasteiger partial charge in [0.25, 0.3) is 5.91 Å². The normalized spacial score (nSPS) is 11.5. The van der Waals surface area contributed by atoms with Gasteiger partial charge in [0.05, 0.1) is 32.5 Å². The van der Waals surface area contributed by atoms with Gasteiger partial charge >= 0.3 is 0 Å². The highest BCUT2D eigenvalue weighted by Gasteiger charge is 2.33. The minimum atomic E-state index is -1.01. The molecule has 1 atom stereocenters. The number of carbonyl (C=O) groups is 2. The summed E-state index contributed by atoms with van der Waals surface area (Å²) in [7, 11) is 4.64. The van der Waals surface area contributed by atoms with Crippen LogP contribution in [0.2, 0.25) is 0 Å². The van der Waals surface area contributed by atoms with Crippen LogP contribution in [0, 0.1) is 0 Å². The number of benzene rings is 4. The molecular weight excluding hydrogens is 534 g/mol. The van der Waals surface area contributed by atoms with Crippen LogP contribution in [-0.4, -0.2) is 53.0 Å². The number of amides is 2. The van der Waals surface area contributed by atoms with Gasteiger partial charge in [-0.2, -0.15) is 0 Å². The first-order valence-corrected chi connectivity index (χ1v) is 13.3. The maximum absolute atomic E-state index is 14.2. The van der Waals surface area contributed by atoms with Crippen molar-refractivity contribution < 1.29 is 23.8 Å². The molecule has 1 unspecified atom stereocenters. The second-order valence-corrected chi connectivity index (χ2v) is 9.47. The molecule has 1 aromatic heterocycles. The minimum absolute atomic E-state index is 0.112. The van der Waals surface area contributed by atoms with E-state index in [0.29, 0.717) is 34.0 Å². The predicted molar refractivity (Wildman–Crippen MR) is 158 cm³/mol. The van der Waals surface area contributed by atoms with E-state index in [9.17, 15) is 9.59 Å². The number of carbonyl (C=O) groups excluding carboxylic acids is 2. The highest BCUT2D eigenvalue weighted by molar-refractivity contribution is 5.99. The van der Waals surface area contributed by atoms with Crippen molar-refractivity contribution in [1.29, 1.82) is 0 Å². The topological polar surface area (TPSA) is 108 Å². The van der Waals surface area contributed by atoms with E-state index < -0.39 is 11.9 Å². The first kappa shape index (κ1) is 28.2. The summed E-state index contributed by atoms with van der Waals surface area (Å²) in [5.41, 5.74) is 3.31. The highest BCUT2D eigenvalue weighted by Crippen LogP contribution is 2.32. The zero-order valence-electron chi connectivity index (χ0n) is 23.6. The van der Waals surface area contributed by atoms with Crippen LogP contribution in [-0.2, 0) is 22.7 Å². The SMILES string of the molecule is COc1ccc(C(C(=O)Nc2ccc(OC)cc2OC)N(Cc2ccccc2)C(=O)Cn2nnc3ccccc32)cc1. The number of nitrogens with zero attached hydrogens (tertiary/aromatic N) is 4. The molecular formula is C32H31N5O5. The van der Waals surface area contributed by atoms with Crippen LogP contribution in [0.5, 0.6) is 17.2 Å². The van der Waals surface area contributed by atoms with Crippen molar-refractivity contribution in [2.45, 2.75) is 19.1 Å². The highest BCUT2D eigenvalue weighted by atomic mass is 16.5.